The third-order valence-electron chi connectivity index (χ3n) is 8.51. The molecule has 4 aromatic heterocycles. The molecule has 0 bridgehead atoms. The highest BCUT2D eigenvalue weighted by Crippen LogP contribution is 2.49. The number of imidazole rings is 1. The largest absolute Gasteiger partial charge is 0.364 e. The van der Waals surface area contributed by atoms with Gasteiger partial charge in [-0.05, 0) is 62.1 Å². The van der Waals surface area contributed by atoms with Crippen molar-refractivity contribution >= 4 is 34.8 Å². The Morgan fingerprint density at radius 2 is 1.93 bits per heavy atom. The molecule has 8 rings (SSSR count). The summed E-state index contributed by atoms with van der Waals surface area (Å²) in [5.41, 5.74) is 4.75. The minimum absolute atomic E-state index is 0.0429. The van der Waals surface area contributed by atoms with E-state index in [2.05, 4.69) is 47.2 Å². The summed E-state index contributed by atoms with van der Waals surface area (Å²) in [5, 5.41) is 6.21. The van der Waals surface area contributed by atoms with Crippen molar-refractivity contribution in [3.05, 3.63) is 65.9 Å². The number of aryl methyl sites for hydroxylation is 1. The fourth-order valence-corrected chi connectivity index (χ4v) is 5.91. The van der Waals surface area contributed by atoms with E-state index >= 15 is 0 Å². The SMILES string of the molecule is Cc1ccnc([C@H]2C[C@@H]2C(=O)Nc2cc(NCc3cn4cc(C5CC5)cc(N5C[C@H]6C[C@H]6C5=O)c4n3)ncn2)n1. The average molecular weight is 536 g/mol. The molecule has 2 amide bonds. The first-order valence-electron chi connectivity index (χ1n) is 14.0. The number of pyridine rings is 1. The van der Waals surface area contributed by atoms with Gasteiger partial charge in [0.05, 0.1) is 17.9 Å². The zero-order valence-electron chi connectivity index (χ0n) is 22.1. The summed E-state index contributed by atoms with van der Waals surface area (Å²) < 4.78 is 2.06. The molecular weight excluding hydrogens is 506 g/mol. The van der Waals surface area contributed by atoms with Crippen molar-refractivity contribution in [3.63, 3.8) is 0 Å². The van der Waals surface area contributed by atoms with Gasteiger partial charge in [-0.3, -0.25) is 9.59 Å². The summed E-state index contributed by atoms with van der Waals surface area (Å²) in [6.07, 6.45) is 11.5. The van der Waals surface area contributed by atoms with E-state index in [4.69, 9.17) is 4.98 Å². The molecule has 4 aliphatic rings. The standard InChI is InChI=1S/C29H29N9O2/c1-15-4-5-30-26(34-15)21-8-22(21)28(39)36-25-9-24(32-14-33-25)31-10-19-13-37-11-17(16-2-3-16)7-23(27(37)35-19)38-12-18-6-20(18)29(38)40/h4-5,7,9,11,13-14,16,18,20-22H,2-3,6,8,10,12H2,1H3,(H2,31,32,33,36,39)/t18-,20-,21+,22+/m1/s1. The summed E-state index contributed by atoms with van der Waals surface area (Å²) in [6, 6.07) is 5.75. The number of nitrogens with zero attached hydrogens (tertiary/aromatic N) is 7. The maximum Gasteiger partial charge on any atom is 0.230 e. The number of hydrogen-bond acceptors (Lipinski definition) is 8. The van der Waals surface area contributed by atoms with E-state index in [1.165, 1.54) is 24.7 Å². The molecule has 4 fully saturated rings. The molecule has 5 heterocycles. The van der Waals surface area contributed by atoms with Crippen molar-refractivity contribution in [3.8, 4) is 0 Å². The maximum atomic E-state index is 12.9. The first-order valence-corrected chi connectivity index (χ1v) is 14.0. The van der Waals surface area contributed by atoms with Gasteiger partial charge in [0.25, 0.3) is 0 Å². The van der Waals surface area contributed by atoms with Crippen LogP contribution in [0.15, 0.2) is 43.1 Å². The van der Waals surface area contributed by atoms with Crippen LogP contribution in [0.3, 0.4) is 0 Å². The first kappa shape index (κ1) is 23.5. The van der Waals surface area contributed by atoms with Gasteiger partial charge < -0.3 is 19.9 Å². The number of amides is 2. The Hall–Kier alpha value is -4.41. The highest BCUT2D eigenvalue weighted by Gasteiger charge is 2.53. The molecule has 0 unspecified atom stereocenters. The van der Waals surface area contributed by atoms with Crippen molar-refractivity contribution in [2.24, 2.45) is 17.8 Å². The number of nitrogens with one attached hydrogen (secondary N) is 2. The molecular formula is C29H29N9O2. The fraction of sp³-hybridized carbons (Fsp3) is 0.414. The Morgan fingerprint density at radius 1 is 1.05 bits per heavy atom. The second-order valence-electron chi connectivity index (χ2n) is 11.6. The van der Waals surface area contributed by atoms with Gasteiger partial charge in [0.15, 0.2) is 5.65 Å². The molecule has 3 saturated carbocycles. The summed E-state index contributed by atoms with van der Waals surface area (Å²) in [6.45, 7) is 3.16. The fourth-order valence-electron chi connectivity index (χ4n) is 5.91. The predicted molar refractivity (Wildman–Crippen MR) is 147 cm³/mol. The van der Waals surface area contributed by atoms with Gasteiger partial charge in [0.2, 0.25) is 11.8 Å². The lowest BCUT2D eigenvalue weighted by molar-refractivity contribution is -0.119. The molecule has 0 aromatic carbocycles. The van der Waals surface area contributed by atoms with Crippen molar-refractivity contribution in [2.75, 3.05) is 22.1 Å². The number of aromatic nitrogens is 6. The van der Waals surface area contributed by atoms with Crippen molar-refractivity contribution in [1.82, 2.24) is 29.3 Å². The van der Waals surface area contributed by atoms with Crippen LogP contribution in [-0.4, -0.2) is 47.7 Å². The highest BCUT2D eigenvalue weighted by molar-refractivity contribution is 6.02. The Balaban J connectivity index is 0.962. The van der Waals surface area contributed by atoms with E-state index in [1.807, 2.05) is 24.1 Å². The van der Waals surface area contributed by atoms with Crippen molar-refractivity contribution in [2.45, 2.75) is 51.0 Å². The van der Waals surface area contributed by atoms with Gasteiger partial charge in [0.1, 0.15) is 23.8 Å². The zero-order chi connectivity index (χ0) is 27.0. The van der Waals surface area contributed by atoms with E-state index in [1.54, 1.807) is 12.3 Å². The summed E-state index contributed by atoms with van der Waals surface area (Å²) in [7, 11) is 0. The number of fused-ring (bicyclic) bond motifs is 2. The molecule has 2 N–H and O–H groups in total. The molecule has 40 heavy (non-hydrogen) atoms. The molecule has 3 aliphatic carbocycles. The molecule has 202 valence electrons. The topological polar surface area (TPSA) is 130 Å². The Labute approximate surface area is 230 Å². The van der Waals surface area contributed by atoms with Gasteiger partial charge in [0, 0.05) is 54.6 Å². The third kappa shape index (κ3) is 4.25. The number of carbonyl (C=O) groups is 2. The second-order valence-corrected chi connectivity index (χ2v) is 11.6. The Bertz CT molecular complexity index is 1680. The average Bonchev–Trinajstić information content (AvgIpc) is 3.85. The highest BCUT2D eigenvalue weighted by atomic mass is 16.2. The van der Waals surface area contributed by atoms with E-state index in [0.717, 1.165) is 47.9 Å². The lowest BCUT2D eigenvalue weighted by atomic mass is 10.1. The minimum atomic E-state index is -0.158. The molecule has 1 saturated heterocycles. The molecule has 4 aromatic rings. The van der Waals surface area contributed by atoms with Crippen LogP contribution in [0.25, 0.3) is 5.65 Å². The van der Waals surface area contributed by atoms with Crippen molar-refractivity contribution in [1.29, 1.82) is 0 Å². The van der Waals surface area contributed by atoms with Crippen LogP contribution in [0.4, 0.5) is 17.3 Å². The van der Waals surface area contributed by atoms with Gasteiger partial charge in [-0.25, -0.2) is 24.9 Å². The number of hydrogen-bond donors (Lipinski definition) is 2. The monoisotopic (exact) mass is 535 g/mol. The van der Waals surface area contributed by atoms with Gasteiger partial charge in [-0.2, -0.15) is 0 Å². The molecule has 0 radical (unpaired) electrons. The first-order chi connectivity index (χ1) is 19.5. The lowest BCUT2D eigenvalue weighted by Crippen LogP contribution is -2.28. The van der Waals surface area contributed by atoms with Crippen LogP contribution in [0.2, 0.25) is 0 Å². The van der Waals surface area contributed by atoms with Gasteiger partial charge >= 0.3 is 0 Å². The Kier molecular flexibility index (Phi) is 5.17. The quantitative estimate of drug-likeness (QED) is 0.351. The molecule has 11 nitrogen and oxygen atoms in total. The van der Waals surface area contributed by atoms with Gasteiger partial charge in [-0.15, -0.1) is 0 Å². The van der Waals surface area contributed by atoms with E-state index in [9.17, 15) is 9.59 Å². The van der Waals surface area contributed by atoms with Crippen LogP contribution in [0.1, 0.15) is 60.3 Å². The number of piperidine rings is 1. The van der Waals surface area contributed by atoms with Gasteiger partial charge in [-0.1, -0.05) is 0 Å². The number of rotatable bonds is 8. The summed E-state index contributed by atoms with van der Waals surface area (Å²) in [4.78, 5) is 49.9. The number of carbonyl (C=O) groups excluding carboxylic acids is 2. The molecule has 1 aliphatic heterocycles. The summed E-state index contributed by atoms with van der Waals surface area (Å²) in [5.74, 6) is 3.06. The lowest BCUT2D eigenvalue weighted by Gasteiger charge is -2.20. The third-order valence-corrected chi connectivity index (χ3v) is 8.51. The van der Waals surface area contributed by atoms with Crippen LogP contribution < -0.4 is 15.5 Å². The molecule has 0 spiro atoms. The van der Waals surface area contributed by atoms with E-state index in [-0.39, 0.29) is 29.6 Å². The normalized spacial score (nSPS) is 24.7. The Morgan fingerprint density at radius 3 is 2.73 bits per heavy atom. The van der Waals surface area contributed by atoms with Crippen LogP contribution >= 0.6 is 0 Å². The minimum Gasteiger partial charge on any atom is -0.364 e. The van der Waals surface area contributed by atoms with E-state index in [0.29, 0.717) is 30.0 Å². The van der Waals surface area contributed by atoms with Crippen LogP contribution in [0.5, 0.6) is 0 Å². The summed E-state index contributed by atoms with van der Waals surface area (Å²) >= 11 is 0. The number of anilines is 3. The van der Waals surface area contributed by atoms with Crippen molar-refractivity contribution < 1.29 is 9.59 Å². The molecule has 11 heteroatoms. The molecule has 4 atom stereocenters. The maximum absolute atomic E-state index is 12.9. The van der Waals surface area contributed by atoms with Crippen LogP contribution in [-0.2, 0) is 16.1 Å². The van der Waals surface area contributed by atoms with E-state index < -0.39 is 0 Å². The smallest absolute Gasteiger partial charge is 0.230 e. The zero-order valence-corrected chi connectivity index (χ0v) is 22.1. The second kappa shape index (κ2) is 8.80. The predicted octanol–water partition coefficient (Wildman–Crippen LogP) is 3.44. The van der Waals surface area contributed by atoms with Crippen LogP contribution in [0, 0.1) is 24.7 Å².